The van der Waals surface area contributed by atoms with Gasteiger partial charge in [0.1, 0.15) is 6.10 Å². The molecule has 1 unspecified atom stereocenters. The van der Waals surface area contributed by atoms with E-state index in [1.807, 2.05) is 48.5 Å². The van der Waals surface area contributed by atoms with Crippen LogP contribution in [0.4, 0.5) is 4.79 Å². The molecule has 0 aliphatic carbocycles. The number of halogens is 1. The van der Waals surface area contributed by atoms with Gasteiger partial charge >= 0.3 is 6.03 Å². The molecule has 22 heavy (non-hydrogen) atoms. The van der Waals surface area contributed by atoms with Crippen molar-refractivity contribution in [2.45, 2.75) is 12.6 Å². The minimum Gasteiger partial charge on any atom is -0.375 e. The lowest BCUT2D eigenvalue weighted by atomic mass is 10.1. The summed E-state index contributed by atoms with van der Waals surface area (Å²) in [4.78, 5) is 11.8. The van der Waals surface area contributed by atoms with Crippen molar-refractivity contribution < 1.29 is 9.53 Å². The number of amides is 2. The van der Waals surface area contributed by atoms with Gasteiger partial charge in [-0.05, 0) is 11.6 Å². The van der Waals surface area contributed by atoms with E-state index in [1.165, 1.54) is 0 Å². The Hall–Kier alpha value is -2.04. The van der Waals surface area contributed by atoms with Gasteiger partial charge in [0.15, 0.2) is 0 Å². The van der Waals surface area contributed by atoms with E-state index in [9.17, 15) is 4.79 Å². The summed E-state index contributed by atoms with van der Waals surface area (Å²) in [5.41, 5.74) is 1.90. The molecule has 2 aromatic rings. The highest BCUT2D eigenvalue weighted by Gasteiger charge is 2.14. The lowest BCUT2D eigenvalue weighted by molar-refractivity contribution is 0.104. The van der Waals surface area contributed by atoms with E-state index in [0.29, 0.717) is 18.1 Å². The number of rotatable bonds is 6. The highest BCUT2D eigenvalue weighted by Crippen LogP contribution is 2.24. The van der Waals surface area contributed by atoms with Crippen molar-refractivity contribution in [2.24, 2.45) is 0 Å². The van der Waals surface area contributed by atoms with Crippen molar-refractivity contribution >= 4 is 17.6 Å². The molecule has 2 N–H and O–H groups in total. The number of methoxy groups -OCH3 is 1. The molecule has 2 amide bonds. The van der Waals surface area contributed by atoms with Gasteiger partial charge in [-0.3, -0.25) is 0 Å². The van der Waals surface area contributed by atoms with Crippen LogP contribution in [0.1, 0.15) is 17.2 Å². The molecule has 0 radical (unpaired) electrons. The van der Waals surface area contributed by atoms with Crippen LogP contribution in [-0.2, 0) is 11.3 Å². The number of nitrogens with one attached hydrogen (secondary N) is 2. The third-order valence-corrected chi connectivity index (χ3v) is 3.62. The Morgan fingerprint density at radius 1 is 1.09 bits per heavy atom. The average molecular weight is 319 g/mol. The van der Waals surface area contributed by atoms with Crippen molar-refractivity contribution in [3.05, 3.63) is 70.7 Å². The maximum absolute atomic E-state index is 11.8. The fourth-order valence-electron chi connectivity index (χ4n) is 2.08. The van der Waals surface area contributed by atoms with Crippen LogP contribution >= 0.6 is 11.6 Å². The van der Waals surface area contributed by atoms with Crippen LogP contribution in [0.25, 0.3) is 0 Å². The van der Waals surface area contributed by atoms with Gasteiger partial charge in [-0.15, -0.1) is 0 Å². The zero-order chi connectivity index (χ0) is 15.8. The van der Waals surface area contributed by atoms with Gasteiger partial charge in [0.05, 0.1) is 0 Å². The number of hydrogen-bond acceptors (Lipinski definition) is 2. The Kier molecular flexibility index (Phi) is 6.25. The Labute approximate surface area is 135 Å². The molecule has 116 valence electrons. The maximum Gasteiger partial charge on any atom is 0.315 e. The topological polar surface area (TPSA) is 50.4 Å². The summed E-state index contributed by atoms with van der Waals surface area (Å²) in [6.07, 6.45) is -0.281. The summed E-state index contributed by atoms with van der Waals surface area (Å²) < 4.78 is 5.40. The number of ether oxygens (including phenoxy) is 1. The molecule has 0 aliphatic rings. The zero-order valence-corrected chi connectivity index (χ0v) is 13.1. The Morgan fingerprint density at radius 2 is 1.77 bits per heavy atom. The number of hydrogen-bond donors (Lipinski definition) is 2. The summed E-state index contributed by atoms with van der Waals surface area (Å²) in [6.45, 7) is 0.831. The maximum atomic E-state index is 11.8. The second kappa shape index (κ2) is 8.41. The zero-order valence-electron chi connectivity index (χ0n) is 12.4. The average Bonchev–Trinajstić information content (AvgIpc) is 2.56. The first kappa shape index (κ1) is 16.3. The molecular weight excluding hydrogens is 300 g/mol. The van der Waals surface area contributed by atoms with Crippen molar-refractivity contribution in [1.29, 1.82) is 0 Å². The van der Waals surface area contributed by atoms with Gasteiger partial charge < -0.3 is 15.4 Å². The van der Waals surface area contributed by atoms with Crippen molar-refractivity contribution in [3.8, 4) is 0 Å². The van der Waals surface area contributed by atoms with Crippen LogP contribution in [0, 0.1) is 0 Å². The Morgan fingerprint density at radius 3 is 2.45 bits per heavy atom. The summed E-state index contributed by atoms with van der Waals surface area (Å²) in [5.74, 6) is 0. The van der Waals surface area contributed by atoms with Crippen LogP contribution in [0.2, 0.25) is 5.02 Å². The quantitative estimate of drug-likeness (QED) is 0.856. The molecule has 0 bridgehead atoms. The molecule has 0 aromatic heterocycles. The Balaban J connectivity index is 1.83. The smallest absolute Gasteiger partial charge is 0.315 e. The molecule has 0 fully saturated rings. The van der Waals surface area contributed by atoms with Gasteiger partial charge in [-0.1, -0.05) is 60.1 Å². The second-order valence-electron chi connectivity index (χ2n) is 4.80. The molecule has 0 aliphatic heterocycles. The molecule has 4 nitrogen and oxygen atoms in total. The Bertz CT molecular complexity index is 605. The molecule has 2 rings (SSSR count). The summed E-state index contributed by atoms with van der Waals surface area (Å²) in [6, 6.07) is 16.9. The molecule has 0 saturated heterocycles. The molecule has 5 heteroatoms. The first-order valence-corrected chi connectivity index (χ1v) is 7.41. The molecule has 2 aromatic carbocycles. The van der Waals surface area contributed by atoms with Crippen LogP contribution in [0.5, 0.6) is 0 Å². The van der Waals surface area contributed by atoms with Crippen molar-refractivity contribution in [1.82, 2.24) is 10.6 Å². The van der Waals surface area contributed by atoms with Crippen LogP contribution < -0.4 is 10.6 Å². The fourth-order valence-corrected chi connectivity index (χ4v) is 2.34. The summed E-state index contributed by atoms with van der Waals surface area (Å²) in [7, 11) is 1.59. The molecule has 0 heterocycles. The van der Waals surface area contributed by atoms with Gasteiger partial charge in [0.25, 0.3) is 0 Å². The second-order valence-corrected chi connectivity index (χ2v) is 5.20. The first-order valence-electron chi connectivity index (χ1n) is 7.03. The van der Waals surface area contributed by atoms with Crippen LogP contribution in [0.3, 0.4) is 0 Å². The molecule has 0 saturated carbocycles. The van der Waals surface area contributed by atoms with E-state index >= 15 is 0 Å². The third kappa shape index (κ3) is 4.76. The number of benzene rings is 2. The lowest BCUT2D eigenvalue weighted by Gasteiger charge is -2.18. The largest absolute Gasteiger partial charge is 0.375 e. The first-order chi connectivity index (χ1) is 10.7. The van der Waals surface area contributed by atoms with Crippen molar-refractivity contribution in [2.75, 3.05) is 13.7 Å². The van der Waals surface area contributed by atoms with E-state index in [0.717, 1.165) is 11.1 Å². The number of urea groups is 1. The van der Waals surface area contributed by atoms with Gasteiger partial charge in [0, 0.05) is 30.8 Å². The van der Waals surface area contributed by atoms with Crippen LogP contribution in [-0.4, -0.2) is 19.7 Å². The SMILES string of the molecule is COC(CNC(=O)NCc1ccccc1)c1ccccc1Cl. The minimum atomic E-state index is -0.281. The van der Waals surface area contributed by atoms with E-state index in [1.54, 1.807) is 13.2 Å². The molecular formula is C17H19ClN2O2. The molecule has 1 atom stereocenters. The van der Waals surface area contributed by atoms with E-state index in [2.05, 4.69) is 10.6 Å². The monoisotopic (exact) mass is 318 g/mol. The lowest BCUT2D eigenvalue weighted by Crippen LogP contribution is -2.37. The van der Waals surface area contributed by atoms with Gasteiger partial charge in [0.2, 0.25) is 0 Å². The predicted molar refractivity (Wildman–Crippen MR) is 87.9 cm³/mol. The molecule has 0 spiro atoms. The predicted octanol–water partition coefficient (Wildman–Crippen LogP) is 3.53. The van der Waals surface area contributed by atoms with Crippen LogP contribution in [0.15, 0.2) is 54.6 Å². The fraction of sp³-hybridized carbons (Fsp3) is 0.235. The standard InChI is InChI=1S/C17H19ClN2O2/c1-22-16(14-9-5-6-10-15(14)18)12-20-17(21)19-11-13-7-3-2-4-8-13/h2-10,16H,11-12H2,1H3,(H2,19,20,21). The number of carbonyl (C=O) groups is 1. The third-order valence-electron chi connectivity index (χ3n) is 3.28. The van der Waals surface area contributed by atoms with E-state index in [-0.39, 0.29) is 12.1 Å². The van der Waals surface area contributed by atoms with E-state index < -0.39 is 0 Å². The normalized spacial score (nSPS) is 11.7. The van der Waals surface area contributed by atoms with Gasteiger partial charge in [-0.2, -0.15) is 0 Å². The summed E-state index contributed by atoms with van der Waals surface area (Å²) >= 11 is 6.15. The minimum absolute atomic E-state index is 0.238. The highest BCUT2D eigenvalue weighted by atomic mass is 35.5. The van der Waals surface area contributed by atoms with E-state index in [4.69, 9.17) is 16.3 Å². The van der Waals surface area contributed by atoms with Gasteiger partial charge in [-0.25, -0.2) is 4.79 Å². The van der Waals surface area contributed by atoms with Crippen molar-refractivity contribution in [3.63, 3.8) is 0 Å². The number of carbonyl (C=O) groups excluding carboxylic acids is 1. The summed E-state index contributed by atoms with van der Waals surface area (Å²) in [5, 5.41) is 6.23. The highest BCUT2D eigenvalue weighted by molar-refractivity contribution is 6.31.